The van der Waals surface area contributed by atoms with Crippen LogP contribution in [0.1, 0.15) is 147 Å². The Bertz CT molecular complexity index is 4460. The van der Waals surface area contributed by atoms with Crippen LogP contribution in [-0.4, -0.2) is 137 Å². The lowest BCUT2D eigenvalue weighted by atomic mass is 9.78. The first kappa shape index (κ1) is 75.1. The third kappa shape index (κ3) is 18.2. The number of likely N-dealkylation sites (tertiary alicyclic amines) is 2. The number of benzene rings is 6. The van der Waals surface area contributed by atoms with Crippen molar-refractivity contribution in [2.45, 2.75) is 163 Å². The first-order valence-corrected chi connectivity index (χ1v) is 36.1. The molecule has 10 aromatic rings. The lowest BCUT2D eigenvalue weighted by Gasteiger charge is -2.33. The minimum atomic E-state index is -0.353. The van der Waals surface area contributed by atoms with Crippen LogP contribution in [0.3, 0.4) is 0 Å². The fraction of sp³-hybridized carbons (Fsp3) is 0.443. The number of halogens is 1. The van der Waals surface area contributed by atoms with Gasteiger partial charge >= 0.3 is 18.5 Å². The van der Waals surface area contributed by atoms with Crippen molar-refractivity contribution in [3.05, 3.63) is 205 Å². The van der Waals surface area contributed by atoms with Gasteiger partial charge in [-0.3, -0.25) is 9.59 Å². The largest absolute Gasteiger partial charge is 0.494 e. The maximum absolute atomic E-state index is 13.5. The van der Waals surface area contributed by atoms with E-state index < -0.39 is 0 Å². The molecule has 534 valence electrons. The number of ether oxygens (including phenoxy) is 2. The summed E-state index contributed by atoms with van der Waals surface area (Å²) in [6.07, 6.45) is 8.78. The molecule has 2 amide bonds. The number of methoxy groups -OCH3 is 2. The molecule has 0 bridgehead atoms. The number of amides is 2. The minimum Gasteiger partial charge on any atom is -0.399 e. The van der Waals surface area contributed by atoms with Crippen LogP contribution < -0.4 is 21.9 Å². The van der Waals surface area contributed by atoms with Crippen LogP contribution in [0, 0.1) is 25.7 Å². The summed E-state index contributed by atoms with van der Waals surface area (Å²) in [7, 11) is 3.13. The first-order chi connectivity index (χ1) is 48.2. The average Bonchev–Trinajstić information content (AvgIpc) is 1.65. The Morgan fingerprint density at radius 2 is 1.07 bits per heavy atom. The Morgan fingerprint density at radius 1 is 0.624 bits per heavy atom. The summed E-state index contributed by atoms with van der Waals surface area (Å²) in [4.78, 5) is 64.6. The third-order valence-electron chi connectivity index (χ3n) is 20.1. The monoisotopic (exact) mass is 1440 g/mol. The van der Waals surface area contributed by atoms with Gasteiger partial charge in [0.15, 0.2) is 0 Å². The average molecular weight is 1440 g/mol. The highest BCUT2D eigenvalue weighted by Gasteiger charge is 2.51. The summed E-state index contributed by atoms with van der Waals surface area (Å²) in [6.45, 7) is 22.6. The molecule has 0 spiro atoms. The van der Waals surface area contributed by atoms with Crippen LogP contribution in [0.25, 0.3) is 44.6 Å². The fourth-order valence-electron chi connectivity index (χ4n) is 14.1. The van der Waals surface area contributed by atoms with Gasteiger partial charge in [-0.05, 0) is 186 Å². The maximum Gasteiger partial charge on any atom is 0.494 e. The van der Waals surface area contributed by atoms with Crippen molar-refractivity contribution in [2.24, 2.45) is 11.8 Å². The van der Waals surface area contributed by atoms with E-state index in [1.165, 1.54) is 21.2 Å². The molecule has 0 saturated carbocycles. The molecule has 3 aliphatic rings. The van der Waals surface area contributed by atoms with Crippen molar-refractivity contribution in [3.8, 4) is 22.5 Å². The number of carbonyl (C=O) groups is 2. The van der Waals surface area contributed by atoms with E-state index in [1.54, 1.807) is 25.7 Å². The van der Waals surface area contributed by atoms with Gasteiger partial charge < -0.3 is 37.7 Å². The van der Waals surface area contributed by atoms with E-state index in [0.29, 0.717) is 25.3 Å². The van der Waals surface area contributed by atoms with E-state index in [0.717, 1.165) is 164 Å². The van der Waals surface area contributed by atoms with E-state index in [4.69, 9.17) is 28.8 Å². The van der Waals surface area contributed by atoms with Gasteiger partial charge in [-0.25, -0.2) is 29.2 Å². The van der Waals surface area contributed by atoms with Gasteiger partial charge in [0.1, 0.15) is 23.2 Å². The van der Waals surface area contributed by atoms with Crippen molar-refractivity contribution in [1.82, 2.24) is 53.3 Å². The highest BCUT2D eigenvalue weighted by atomic mass is 79.9. The van der Waals surface area contributed by atoms with Gasteiger partial charge in [-0.15, -0.1) is 4.57 Å². The lowest BCUT2D eigenvalue weighted by molar-refractivity contribution is -0.460. The number of H-pyrrole nitrogens is 3. The van der Waals surface area contributed by atoms with Gasteiger partial charge in [-0.2, -0.15) is 15.3 Å². The normalized spacial score (nSPS) is 17.0. The zero-order chi connectivity index (χ0) is 70.7. The Kier molecular flexibility index (Phi) is 25.3. The van der Waals surface area contributed by atoms with Gasteiger partial charge in [0.05, 0.1) is 39.0 Å². The van der Waals surface area contributed by atoms with E-state index in [2.05, 4.69) is 182 Å². The molecule has 3 saturated heterocycles. The summed E-state index contributed by atoms with van der Waals surface area (Å²) in [5, 5.41) is 11.7. The van der Waals surface area contributed by atoms with Crippen LogP contribution in [0.4, 0.5) is 0 Å². The number of aromatic amines is 3. The predicted molar refractivity (Wildman–Crippen MR) is 403 cm³/mol. The molecule has 3 fully saturated rings. The molecule has 4 atom stereocenters. The van der Waals surface area contributed by atoms with Crippen LogP contribution in [0.2, 0.25) is 0 Å². The zero-order valence-electron chi connectivity index (χ0n) is 59.6. The molecule has 0 radical (unpaired) electrons. The number of fused-ring (bicyclic) bond motifs is 2. The van der Waals surface area contributed by atoms with Crippen LogP contribution in [0.5, 0.6) is 0 Å². The molecule has 0 aliphatic carbocycles. The van der Waals surface area contributed by atoms with Crippen molar-refractivity contribution < 1.29 is 33.5 Å². The molecule has 7 heterocycles. The summed E-state index contributed by atoms with van der Waals surface area (Å²) >= 11 is 3.33. The Hall–Kier alpha value is -8.54. The van der Waals surface area contributed by atoms with Crippen LogP contribution in [-0.2, 0) is 54.3 Å². The number of aromatic nitrogens is 10. The quantitative estimate of drug-likeness (QED) is 0.0481. The Morgan fingerprint density at radius 3 is 1.51 bits per heavy atom. The van der Waals surface area contributed by atoms with Gasteiger partial charge in [-0.1, -0.05) is 122 Å². The Balaban J connectivity index is 0.000000182. The zero-order valence-corrected chi connectivity index (χ0v) is 61.2. The SMILES string of the molecule is C.COCCCn1c([C@@H]2CCCN(C(=O)C[C@H](C)Cc3ccc(-c4ccc(-n5c(C)[nH+][nH]c5=O)cc4)cc3)C2)nc2ccccc21.COCCCn1c([C@@H]2CCCN(C(=O)C[C@H](C)Cc3ccc(B4OC(C)(C)C(C)(C)O4)cc3)C2)nc2ccccc21.Cc1n[nH]c(=O)n1-c1ccc(Br)cc1. The van der Waals surface area contributed by atoms with E-state index >= 15 is 0 Å². The van der Waals surface area contributed by atoms with E-state index in [1.807, 2.05) is 67.6 Å². The van der Waals surface area contributed by atoms with E-state index in [-0.39, 0.29) is 72.6 Å². The minimum absolute atomic E-state index is 0. The third-order valence-corrected chi connectivity index (χ3v) is 20.6. The van der Waals surface area contributed by atoms with Gasteiger partial charge in [0.25, 0.3) is 5.82 Å². The second-order valence-electron chi connectivity index (χ2n) is 28.2. The summed E-state index contributed by atoms with van der Waals surface area (Å²) in [5.41, 5.74) is 10.6. The smallest absolute Gasteiger partial charge is 0.399 e. The fourth-order valence-corrected chi connectivity index (χ4v) is 14.3. The topological polar surface area (TPSA) is 216 Å². The second kappa shape index (κ2) is 34.0. The number of nitrogens with zero attached hydrogens (tertiary/aromatic N) is 9. The molecule has 13 rings (SSSR count). The van der Waals surface area contributed by atoms with Crippen LogP contribution in [0.15, 0.2) is 160 Å². The number of hydrogen-bond donors (Lipinski definition) is 2. The lowest BCUT2D eigenvalue weighted by Crippen LogP contribution is -2.41. The molecule has 20 nitrogen and oxygen atoms in total. The summed E-state index contributed by atoms with van der Waals surface area (Å²) < 4.78 is 31.8. The number of hydrogen-bond acceptors (Lipinski definition) is 11. The summed E-state index contributed by atoms with van der Waals surface area (Å²) in [5.74, 6) is 5.07. The number of carbonyl (C=O) groups excluding carboxylic acids is 2. The number of aryl methyl sites for hydroxylation is 4. The highest BCUT2D eigenvalue weighted by Crippen LogP contribution is 2.37. The number of para-hydroxylation sites is 4. The molecule has 3 aliphatic heterocycles. The van der Waals surface area contributed by atoms with Crippen molar-refractivity contribution in [1.29, 1.82) is 0 Å². The number of imidazole rings is 2. The van der Waals surface area contributed by atoms with Crippen molar-refractivity contribution in [3.63, 3.8) is 0 Å². The van der Waals surface area contributed by atoms with Crippen molar-refractivity contribution >= 4 is 62.4 Å². The molecule has 101 heavy (non-hydrogen) atoms. The Labute approximate surface area is 602 Å². The predicted octanol–water partition coefficient (Wildman–Crippen LogP) is 12.9. The van der Waals surface area contributed by atoms with E-state index in [9.17, 15) is 19.2 Å². The number of piperidine rings is 2. The molecule has 3 N–H and O–H groups in total. The molecule has 4 aromatic heterocycles. The number of nitrogens with one attached hydrogen (secondary N) is 3. The summed E-state index contributed by atoms with van der Waals surface area (Å²) in [6, 6.07) is 49.2. The number of rotatable bonds is 22. The molecular formula is C79H101BBrN12O8+. The van der Waals surface area contributed by atoms with Gasteiger partial charge in [0.2, 0.25) is 11.8 Å². The highest BCUT2D eigenvalue weighted by molar-refractivity contribution is 9.10. The molecule has 22 heteroatoms. The molecule has 0 unspecified atom stereocenters. The second-order valence-corrected chi connectivity index (χ2v) is 29.2. The maximum atomic E-state index is 13.5. The van der Waals surface area contributed by atoms with Crippen LogP contribution >= 0.6 is 15.9 Å². The first-order valence-electron chi connectivity index (χ1n) is 35.3. The van der Waals surface area contributed by atoms with Gasteiger partial charge in [0, 0.05) is 103 Å². The molecule has 6 aromatic carbocycles. The molecular weight excluding hydrogens is 1340 g/mol. The van der Waals surface area contributed by atoms with Crippen molar-refractivity contribution in [2.75, 3.05) is 53.6 Å². The standard InChI is InChI=1S/C36H42N6O3.C33H46BN3O4.C9H8BrN3O.CH4/c1-25(22-27-11-13-28(14-12-27)29-15-17-31(18-16-29)42-26(2)38-39-36(42)44)23-34(43)40-19-6-8-30(24-40)35-37-32-9-4-5-10-33(32)41(35)20-7-21-45-3;1-24(21-25-14-16-27(17-15-25)34-40-32(2,3)33(4,5)41-34)22-30(38)36-18-9-11-26(23-36)31-35-28-12-7-8-13-29(28)37(31)19-10-20-39-6;1-6-11-12-9(14)13(6)8-4-2-7(10)3-5-8;/h4-5,9-18,25,30H,6-8,19-24H2,1-3H3,(H,39,44);7-8,12-17,24,26H,9-11,18-23H2,1-6H3;2-5H,1H3,(H,12,14);1H4/p+1/t25-,30-;24-,26-;;/m11../s1.